The summed E-state index contributed by atoms with van der Waals surface area (Å²) in [5, 5.41) is 0. The van der Waals surface area contributed by atoms with Gasteiger partial charge >= 0.3 is 0 Å². The van der Waals surface area contributed by atoms with Gasteiger partial charge in [-0.05, 0) is 23.6 Å². The van der Waals surface area contributed by atoms with Crippen LogP contribution < -0.4 is 9.64 Å². The van der Waals surface area contributed by atoms with Crippen LogP contribution in [0.3, 0.4) is 0 Å². The molecular weight excluding hydrogens is 362 g/mol. The van der Waals surface area contributed by atoms with Gasteiger partial charge in [0.2, 0.25) is 10.0 Å². The molecule has 7 heteroatoms. The molecule has 6 nitrogen and oxygen atoms in total. The average molecular weight is 390 g/mol. The third-order valence-electron chi connectivity index (χ3n) is 4.47. The smallest absolute Gasteiger partial charge is 0.214 e. The SMILES string of the molecule is CC(C)CS(=O)(=O)N1CCN(c2ccc(OCc3ccccc3)cn2)CC1. The standard InChI is InChI=1S/C20H27N3O3S/c1-17(2)16-27(24,25)23-12-10-22(11-13-23)20-9-8-19(14-21-20)26-15-18-6-4-3-5-7-18/h3-9,14,17H,10-13,15-16H2,1-2H3. The minimum absolute atomic E-state index is 0.137. The van der Waals surface area contributed by atoms with Crippen molar-refractivity contribution in [3.8, 4) is 5.75 Å². The van der Waals surface area contributed by atoms with E-state index < -0.39 is 10.0 Å². The first-order chi connectivity index (χ1) is 12.9. The van der Waals surface area contributed by atoms with Crippen molar-refractivity contribution in [1.29, 1.82) is 0 Å². The number of anilines is 1. The lowest BCUT2D eigenvalue weighted by molar-refractivity contribution is 0.305. The molecule has 1 aliphatic rings. The Labute approximate surface area is 161 Å². The maximum Gasteiger partial charge on any atom is 0.214 e. The van der Waals surface area contributed by atoms with Crippen molar-refractivity contribution in [2.45, 2.75) is 20.5 Å². The monoisotopic (exact) mass is 389 g/mol. The summed E-state index contributed by atoms with van der Waals surface area (Å²) >= 11 is 0. The number of benzene rings is 1. The number of ether oxygens (including phenoxy) is 1. The van der Waals surface area contributed by atoms with Crippen LogP contribution in [0.1, 0.15) is 19.4 Å². The lowest BCUT2D eigenvalue weighted by Gasteiger charge is -2.35. The predicted molar refractivity (Wildman–Crippen MR) is 107 cm³/mol. The maximum atomic E-state index is 12.3. The van der Waals surface area contributed by atoms with Crippen molar-refractivity contribution in [3.63, 3.8) is 0 Å². The van der Waals surface area contributed by atoms with Crippen molar-refractivity contribution in [2.75, 3.05) is 36.8 Å². The van der Waals surface area contributed by atoms with Crippen LogP contribution in [0.2, 0.25) is 0 Å². The van der Waals surface area contributed by atoms with E-state index in [4.69, 9.17) is 4.74 Å². The molecule has 0 atom stereocenters. The van der Waals surface area contributed by atoms with Crippen molar-refractivity contribution in [1.82, 2.24) is 9.29 Å². The Hall–Kier alpha value is -2.12. The zero-order valence-electron chi connectivity index (χ0n) is 15.9. The molecule has 0 saturated carbocycles. The molecule has 0 N–H and O–H groups in total. The van der Waals surface area contributed by atoms with Crippen molar-refractivity contribution in [2.24, 2.45) is 5.92 Å². The van der Waals surface area contributed by atoms with Crippen LogP contribution in [0.4, 0.5) is 5.82 Å². The molecule has 0 spiro atoms. The van der Waals surface area contributed by atoms with E-state index >= 15 is 0 Å². The van der Waals surface area contributed by atoms with Gasteiger partial charge in [-0.15, -0.1) is 0 Å². The largest absolute Gasteiger partial charge is 0.487 e. The van der Waals surface area contributed by atoms with Crippen LogP contribution >= 0.6 is 0 Å². The van der Waals surface area contributed by atoms with E-state index in [1.165, 1.54) is 0 Å². The number of piperazine rings is 1. The van der Waals surface area contributed by atoms with Crippen molar-refractivity contribution in [3.05, 3.63) is 54.2 Å². The molecule has 3 rings (SSSR count). The topological polar surface area (TPSA) is 62.7 Å². The summed E-state index contributed by atoms with van der Waals surface area (Å²) in [6, 6.07) is 13.8. The molecule has 0 radical (unpaired) electrons. The summed E-state index contributed by atoms with van der Waals surface area (Å²) in [4.78, 5) is 6.60. The molecule has 146 valence electrons. The number of hydrogen-bond acceptors (Lipinski definition) is 5. The number of nitrogens with zero attached hydrogens (tertiary/aromatic N) is 3. The number of rotatable bonds is 7. The Morgan fingerprint density at radius 1 is 1.04 bits per heavy atom. The van der Waals surface area contributed by atoms with Crippen LogP contribution in [0.15, 0.2) is 48.7 Å². The minimum atomic E-state index is -3.16. The lowest BCUT2D eigenvalue weighted by Crippen LogP contribution is -2.49. The molecule has 0 aliphatic carbocycles. The summed E-state index contributed by atoms with van der Waals surface area (Å²) in [6.45, 7) is 6.67. The predicted octanol–water partition coefficient (Wildman–Crippen LogP) is 2.77. The van der Waals surface area contributed by atoms with Gasteiger partial charge in [-0.3, -0.25) is 0 Å². The molecule has 0 unspecified atom stereocenters. The Balaban J connectivity index is 1.53. The van der Waals surface area contributed by atoms with Gasteiger partial charge < -0.3 is 9.64 Å². The first kappa shape index (κ1) is 19.6. The highest BCUT2D eigenvalue weighted by molar-refractivity contribution is 7.89. The fourth-order valence-corrected chi connectivity index (χ4v) is 4.88. The van der Waals surface area contributed by atoms with E-state index in [2.05, 4.69) is 9.88 Å². The molecular formula is C20H27N3O3S. The molecule has 2 aromatic rings. The summed E-state index contributed by atoms with van der Waals surface area (Å²) in [5.41, 5.74) is 1.11. The zero-order chi connectivity index (χ0) is 19.3. The van der Waals surface area contributed by atoms with E-state index in [9.17, 15) is 8.42 Å². The number of sulfonamides is 1. The lowest BCUT2D eigenvalue weighted by atomic mass is 10.2. The second kappa shape index (κ2) is 8.71. The van der Waals surface area contributed by atoms with Gasteiger partial charge in [0.1, 0.15) is 18.2 Å². The van der Waals surface area contributed by atoms with Gasteiger partial charge in [0, 0.05) is 26.2 Å². The highest BCUT2D eigenvalue weighted by Gasteiger charge is 2.27. The average Bonchev–Trinajstić information content (AvgIpc) is 2.67. The second-order valence-electron chi connectivity index (χ2n) is 7.18. The van der Waals surface area contributed by atoms with Crippen molar-refractivity contribution >= 4 is 15.8 Å². The highest BCUT2D eigenvalue weighted by atomic mass is 32.2. The van der Waals surface area contributed by atoms with Gasteiger partial charge in [-0.2, -0.15) is 4.31 Å². The van der Waals surface area contributed by atoms with E-state index in [1.54, 1.807) is 10.5 Å². The molecule has 27 heavy (non-hydrogen) atoms. The van der Waals surface area contributed by atoms with Gasteiger partial charge in [-0.1, -0.05) is 44.2 Å². The van der Waals surface area contributed by atoms with E-state index in [0.717, 1.165) is 17.1 Å². The molecule has 1 aromatic carbocycles. The fraction of sp³-hybridized carbons (Fsp3) is 0.450. The van der Waals surface area contributed by atoms with Gasteiger partial charge in [0.05, 0.1) is 11.9 Å². The van der Waals surface area contributed by atoms with E-state index in [-0.39, 0.29) is 11.7 Å². The van der Waals surface area contributed by atoms with Gasteiger partial charge in [0.25, 0.3) is 0 Å². The quantitative estimate of drug-likeness (QED) is 0.729. The summed E-state index contributed by atoms with van der Waals surface area (Å²) in [6.07, 6.45) is 1.72. The first-order valence-corrected chi connectivity index (χ1v) is 10.9. The molecule has 2 heterocycles. The second-order valence-corrected chi connectivity index (χ2v) is 9.20. The first-order valence-electron chi connectivity index (χ1n) is 9.29. The molecule has 1 aromatic heterocycles. The van der Waals surface area contributed by atoms with Crippen LogP contribution in [0, 0.1) is 5.92 Å². The number of aromatic nitrogens is 1. The van der Waals surface area contributed by atoms with E-state index in [1.807, 2.05) is 56.3 Å². The molecule has 1 aliphatic heterocycles. The van der Waals surface area contributed by atoms with Crippen LogP contribution in [-0.2, 0) is 16.6 Å². The minimum Gasteiger partial charge on any atom is -0.487 e. The highest BCUT2D eigenvalue weighted by Crippen LogP contribution is 2.20. The molecule has 0 amide bonds. The van der Waals surface area contributed by atoms with Gasteiger partial charge in [-0.25, -0.2) is 13.4 Å². The Bertz CT molecular complexity index is 815. The molecule has 1 saturated heterocycles. The summed E-state index contributed by atoms with van der Waals surface area (Å²) in [5.74, 6) is 1.92. The number of pyridine rings is 1. The third-order valence-corrected chi connectivity index (χ3v) is 6.71. The Kier molecular flexibility index (Phi) is 6.34. The van der Waals surface area contributed by atoms with E-state index in [0.29, 0.717) is 32.8 Å². The van der Waals surface area contributed by atoms with Gasteiger partial charge in [0.15, 0.2) is 0 Å². The van der Waals surface area contributed by atoms with Crippen LogP contribution in [0.5, 0.6) is 5.75 Å². The molecule has 0 bridgehead atoms. The van der Waals surface area contributed by atoms with Crippen LogP contribution in [-0.4, -0.2) is 49.6 Å². The summed E-state index contributed by atoms with van der Waals surface area (Å²) in [7, 11) is -3.16. The third kappa shape index (κ3) is 5.43. The summed E-state index contributed by atoms with van der Waals surface area (Å²) < 4.78 is 32.1. The maximum absolute atomic E-state index is 12.3. The fourth-order valence-electron chi connectivity index (χ4n) is 3.11. The Morgan fingerprint density at radius 3 is 2.33 bits per heavy atom. The Morgan fingerprint density at radius 2 is 1.74 bits per heavy atom. The van der Waals surface area contributed by atoms with Crippen molar-refractivity contribution < 1.29 is 13.2 Å². The zero-order valence-corrected chi connectivity index (χ0v) is 16.7. The normalized spacial score (nSPS) is 15.9. The number of hydrogen-bond donors (Lipinski definition) is 0. The molecule has 1 fully saturated rings. The van der Waals surface area contributed by atoms with Crippen LogP contribution in [0.25, 0.3) is 0 Å².